The van der Waals surface area contributed by atoms with Gasteiger partial charge >= 0.3 is 12.1 Å². The van der Waals surface area contributed by atoms with Crippen molar-refractivity contribution in [3.63, 3.8) is 0 Å². The van der Waals surface area contributed by atoms with Crippen LogP contribution in [0.4, 0.5) is 13.2 Å². The Kier molecular flexibility index (Phi) is 6.86. The van der Waals surface area contributed by atoms with Gasteiger partial charge in [-0.1, -0.05) is 28.9 Å². The first-order valence-electron chi connectivity index (χ1n) is 8.84. The fourth-order valence-electron chi connectivity index (χ4n) is 2.48. The van der Waals surface area contributed by atoms with Crippen LogP contribution in [0.15, 0.2) is 57.9 Å². The average molecular weight is 490 g/mol. The molecule has 0 unspecified atom stereocenters. The zero-order valence-electron chi connectivity index (χ0n) is 16.3. The van der Waals surface area contributed by atoms with Gasteiger partial charge in [-0.15, -0.1) is 0 Å². The number of carbonyl (C=O) groups excluding carboxylic acids is 1. The highest BCUT2D eigenvalue weighted by Gasteiger charge is 2.30. The number of aromatic nitrogens is 2. The number of halogens is 4. The van der Waals surface area contributed by atoms with Gasteiger partial charge in [-0.3, -0.25) is 4.79 Å². The molecule has 0 saturated heterocycles. The molecule has 1 aromatic heterocycles. The third-order valence-corrected chi connectivity index (χ3v) is 6.24. The first kappa shape index (κ1) is 23.7. The van der Waals surface area contributed by atoms with Crippen LogP contribution in [0.1, 0.15) is 11.5 Å². The molecular weight excluding hydrogens is 475 g/mol. The highest BCUT2D eigenvalue weighted by molar-refractivity contribution is 7.89. The molecule has 32 heavy (non-hydrogen) atoms. The molecule has 8 nitrogen and oxygen atoms in total. The van der Waals surface area contributed by atoms with Crippen LogP contribution in [0.25, 0.3) is 11.4 Å². The van der Waals surface area contributed by atoms with Crippen molar-refractivity contribution in [3.05, 3.63) is 65.0 Å². The van der Waals surface area contributed by atoms with Gasteiger partial charge in [0.05, 0.1) is 10.5 Å². The second-order valence-corrected chi connectivity index (χ2v) is 8.94. The molecule has 0 atom stereocenters. The summed E-state index contributed by atoms with van der Waals surface area (Å²) in [6.45, 7) is -1.02. The minimum Gasteiger partial charge on any atom is -0.455 e. The van der Waals surface area contributed by atoms with Gasteiger partial charge in [0.1, 0.15) is 6.54 Å². The lowest BCUT2D eigenvalue weighted by atomic mass is 10.1. The first-order valence-corrected chi connectivity index (χ1v) is 10.7. The van der Waals surface area contributed by atoms with E-state index < -0.39 is 40.9 Å². The molecule has 2 aromatic carbocycles. The van der Waals surface area contributed by atoms with Crippen LogP contribution in [0.5, 0.6) is 0 Å². The van der Waals surface area contributed by atoms with Crippen LogP contribution >= 0.6 is 11.6 Å². The fraction of sp³-hybridized carbons (Fsp3) is 0.211. The van der Waals surface area contributed by atoms with E-state index >= 15 is 0 Å². The van der Waals surface area contributed by atoms with Gasteiger partial charge in [-0.05, 0) is 36.4 Å². The van der Waals surface area contributed by atoms with Crippen molar-refractivity contribution in [2.24, 2.45) is 0 Å². The monoisotopic (exact) mass is 489 g/mol. The van der Waals surface area contributed by atoms with Gasteiger partial charge in [0.25, 0.3) is 5.89 Å². The predicted octanol–water partition coefficient (Wildman–Crippen LogP) is 3.77. The van der Waals surface area contributed by atoms with Crippen LogP contribution in [-0.2, 0) is 32.3 Å². The zero-order chi connectivity index (χ0) is 23.5. The van der Waals surface area contributed by atoms with Gasteiger partial charge < -0.3 is 9.26 Å². The van der Waals surface area contributed by atoms with Crippen molar-refractivity contribution in [2.75, 3.05) is 13.6 Å². The second kappa shape index (κ2) is 9.27. The number of hydrogen-bond acceptors (Lipinski definition) is 7. The number of rotatable bonds is 7. The lowest BCUT2D eigenvalue weighted by molar-refractivity contribution is -0.145. The van der Waals surface area contributed by atoms with Crippen molar-refractivity contribution in [1.29, 1.82) is 0 Å². The molecule has 0 bridgehead atoms. The van der Waals surface area contributed by atoms with Crippen molar-refractivity contribution >= 4 is 27.6 Å². The summed E-state index contributed by atoms with van der Waals surface area (Å²) in [7, 11) is -2.73. The number of nitrogens with zero attached hydrogens (tertiary/aromatic N) is 3. The lowest BCUT2D eigenvalue weighted by Crippen LogP contribution is -2.33. The van der Waals surface area contributed by atoms with Gasteiger partial charge in [0.2, 0.25) is 15.8 Å². The van der Waals surface area contributed by atoms with E-state index in [-0.39, 0.29) is 22.2 Å². The van der Waals surface area contributed by atoms with Gasteiger partial charge in [0, 0.05) is 17.6 Å². The summed E-state index contributed by atoms with van der Waals surface area (Å²) in [5, 5.41) is 3.99. The Bertz CT molecular complexity index is 1200. The number of hydrogen-bond donors (Lipinski definition) is 0. The maximum absolute atomic E-state index is 12.6. The van der Waals surface area contributed by atoms with Crippen molar-refractivity contribution in [2.45, 2.75) is 17.7 Å². The second-order valence-electron chi connectivity index (χ2n) is 6.46. The molecule has 0 amide bonds. The maximum Gasteiger partial charge on any atom is 0.416 e. The van der Waals surface area contributed by atoms with Crippen LogP contribution in [-0.4, -0.2) is 42.4 Å². The molecule has 13 heteroatoms. The molecule has 3 aromatic rings. The van der Waals surface area contributed by atoms with Gasteiger partial charge in [0.15, 0.2) is 6.61 Å². The number of sulfonamides is 1. The molecule has 0 spiro atoms. The highest BCUT2D eigenvalue weighted by atomic mass is 35.5. The number of esters is 1. The van der Waals surface area contributed by atoms with Gasteiger partial charge in [-0.2, -0.15) is 22.5 Å². The normalized spacial score (nSPS) is 12.2. The summed E-state index contributed by atoms with van der Waals surface area (Å²) in [5.41, 5.74) is -0.551. The Morgan fingerprint density at radius 1 is 1.12 bits per heavy atom. The molecule has 3 rings (SSSR count). The van der Waals surface area contributed by atoms with Crippen molar-refractivity contribution in [1.82, 2.24) is 14.4 Å². The van der Waals surface area contributed by atoms with E-state index in [1.54, 1.807) is 0 Å². The van der Waals surface area contributed by atoms with E-state index in [1.807, 2.05) is 0 Å². The Labute approximate surface area is 185 Å². The maximum atomic E-state index is 12.6. The van der Waals surface area contributed by atoms with E-state index in [0.717, 1.165) is 16.4 Å². The minimum atomic E-state index is -4.47. The molecule has 0 aliphatic heterocycles. The molecule has 170 valence electrons. The average Bonchev–Trinajstić information content (AvgIpc) is 3.21. The molecule has 0 saturated carbocycles. The topological polar surface area (TPSA) is 103 Å². The molecule has 0 aliphatic carbocycles. The summed E-state index contributed by atoms with van der Waals surface area (Å²) >= 11 is 5.74. The molecule has 0 fully saturated rings. The van der Waals surface area contributed by atoms with Crippen molar-refractivity contribution < 1.29 is 35.6 Å². The Hall–Kier alpha value is -2.96. The Morgan fingerprint density at radius 3 is 2.34 bits per heavy atom. The van der Waals surface area contributed by atoms with E-state index in [2.05, 4.69) is 10.1 Å². The quantitative estimate of drug-likeness (QED) is 0.465. The molecule has 0 aliphatic rings. The number of carbonyl (C=O) groups is 1. The Balaban J connectivity index is 1.57. The summed E-state index contributed by atoms with van der Waals surface area (Å²) in [6, 6.07) is 9.54. The Morgan fingerprint density at radius 2 is 1.75 bits per heavy atom. The molecule has 0 radical (unpaired) electrons. The third-order valence-electron chi connectivity index (χ3n) is 4.17. The number of benzene rings is 2. The van der Waals surface area contributed by atoms with Gasteiger partial charge in [-0.25, -0.2) is 8.42 Å². The fourth-order valence-corrected chi connectivity index (χ4v) is 3.72. The van der Waals surface area contributed by atoms with E-state index in [9.17, 15) is 26.4 Å². The standard InChI is InChI=1S/C19H15ClF3N3O5S/c1-26(32(28,29)15-8-6-14(20)7-9-15)10-17(27)30-11-16-24-18(25-31-16)12-2-4-13(5-3-12)19(21,22)23/h2-9H,10-11H2,1H3. The predicted molar refractivity (Wildman–Crippen MR) is 106 cm³/mol. The van der Waals surface area contributed by atoms with Crippen LogP contribution in [0, 0.1) is 0 Å². The SMILES string of the molecule is CN(CC(=O)OCc1nc(-c2ccc(C(F)(F)F)cc2)no1)S(=O)(=O)c1ccc(Cl)cc1. The smallest absolute Gasteiger partial charge is 0.416 e. The van der Waals surface area contributed by atoms with Crippen LogP contribution in [0.3, 0.4) is 0 Å². The van der Waals surface area contributed by atoms with Crippen LogP contribution < -0.4 is 0 Å². The summed E-state index contributed by atoms with van der Waals surface area (Å²) in [5.74, 6) is -0.983. The first-order chi connectivity index (χ1) is 15.0. The van der Waals surface area contributed by atoms with E-state index in [0.29, 0.717) is 5.02 Å². The highest BCUT2D eigenvalue weighted by Crippen LogP contribution is 2.30. The number of likely N-dealkylation sites (N-methyl/N-ethyl adjacent to an activating group) is 1. The number of alkyl halides is 3. The van der Waals surface area contributed by atoms with Crippen molar-refractivity contribution in [3.8, 4) is 11.4 Å². The summed E-state index contributed by atoms with van der Waals surface area (Å²) in [6.07, 6.45) is -4.47. The van der Waals surface area contributed by atoms with E-state index in [1.165, 1.54) is 43.4 Å². The summed E-state index contributed by atoms with van der Waals surface area (Å²) in [4.78, 5) is 15.9. The van der Waals surface area contributed by atoms with Crippen LogP contribution in [0.2, 0.25) is 5.02 Å². The number of ether oxygens (including phenoxy) is 1. The lowest BCUT2D eigenvalue weighted by Gasteiger charge is -2.16. The zero-order valence-corrected chi connectivity index (χ0v) is 17.9. The minimum absolute atomic E-state index is 0.00667. The molecular formula is C19H15ClF3N3O5S. The van der Waals surface area contributed by atoms with E-state index in [4.69, 9.17) is 20.9 Å². The molecule has 0 N–H and O–H groups in total. The summed E-state index contributed by atoms with van der Waals surface area (Å²) < 4.78 is 73.5. The third kappa shape index (κ3) is 5.64. The molecule has 1 heterocycles. The largest absolute Gasteiger partial charge is 0.455 e.